The number of carbonyl (C=O) groups is 1. The van der Waals surface area contributed by atoms with Gasteiger partial charge in [-0.15, -0.1) is 11.8 Å². The Morgan fingerprint density at radius 3 is 2.55 bits per heavy atom. The Bertz CT molecular complexity index is 1290. The van der Waals surface area contributed by atoms with Crippen LogP contribution in [0.15, 0.2) is 99.0 Å². The van der Waals surface area contributed by atoms with Crippen molar-refractivity contribution in [3.8, 4) is 5.75 Å². The highest BCUT2D eigenvalue weighted by molar-refractivity contribution is 7.98. The zero-order valence-electron chi connectivity index (χ0n) is 16.4. The molecule has 0 unspecified atom stereocenters. The lowest BCUT2D eigenvalue weighted by Gasteiger charge is -2.05. The SMILES string of the molecule is O=C(/C=C/c1ccccc1)Nc1ccc(SCc2cc3ccc(O)cc3oc2=O)cc1. The maximum atomic E-state index is 12.2. The first-order chi connectivity index (χ1) is 15.1. The molecule has 0 atom stereocenters. The molecule has 0 spiro atoms. The van der Waals surface area contributed by atoms with Crippen molar-refractivity contribution in [3.05, 3.63) is 106 Å². The minimum absolute atomic E-state index is 0.0560. The van der Waals surface area contributed by atoms with Crippen LogP contribution in [0.25, 0.3) is 17.0 Å². The third kappa shape index (κ3) is 5.43. The van der Waals surface area contributed by atoms with Crippen molar-refractivity contribution in [3.63, 3.8) is 0 Å². The van der Waals surface area contributed by atoms with Gasteiger partial charge < -0.3 is 14.8 Å². The normalized spacial score (nSPS) is 11.1. The van der Waals surface area contributed by atoms with Gasteiger partial charge in [0.25, 0.3) is 0 Å². The van der Waals surface area contributed by atoms with Gasteiger partial charge in [0.15, 0.2) is 0 Å². The molecule has 31 heavy (non-hydrogen) atoms. The molecule has 4 aromatic rings. The average Bonchev–Trinajstić information content (AvgIpc) is 2.78. The lowest BCUT2D eigenvalue weighted by atomic mass is 10.2. The van der Waals surface area contributed by atoms with Crippen LogP contribution in [-0.4, -0.2) is 11.0 Å². The molecule has 0 saturated heterocycles. The first kappa shape index (κ1) is 20.5. The zero-order valence-corrected chi connectivity index (χ0v) is 17.3. The first-order valence-corrected chi connectivity index (χ1v) is 10.6. The summed E-state index contributed by atoms with van der Waals surface area (Å²) in [6.07, 6.45) is 3.26. The van der Waals surface area contributed by atoms with Crippen LogP contribution < -0.4 is 10.9 Å². The average molecular weight is 429 g/mol. The van der Waals surface area contributed by atoms with E-state index in [4.69, 9.17) is 4.42 Å². The van der Waals surface area contributed by atoms with Crippen molar-refractivity contribution in [1.82, 2.24) is 0 Å². The third-order valence-corrected chi connectivity index (χ3v) is 5.60. The van der Waals surface area contributed by atoms with Crippen LogP contribution >= 0.6 is 11.8 Å². The smallest absolute Gasteiger partial charge is 0.340 e. The number of hydrogen-bond donors (Lipinski definition) is 2. The Labute approximate surface area is 183 Å². The fourth-order valence-corrected chi connectivity index (χ4v) is 3.81. The van der Waals surface area contributed by atoms with Gasteiger partial charge in [0, 0.05) is 39.4 Å². The van der Waals surface area contributed by atoms with Gasteiger partial charge in [-0.25, -0.2) is 4.79 Å². The number of benzene rings is 3. The quantitative estimate of drug-likeness (QED) is 0.242. The van der Waals surface area contributed by atoms with E-state index in [1.807, 2.05) is 54.6 Å². The topological polar surface area (TPSA) is 79.5 Å². The number of rotatable bonds is 6. The molecular weight excluding hydrogens is 410 g/mol. The Morgan fingerprint density at radius 2 is 1.77 bits per heavy atom. The lowest BCUT2D eigenvalue weighted by Crippen LogP contribution is -2.07. The van der Waals surface area contributed by atoms with Gasteiger partial charge >= 0.3 is 5.63 Å². The van der Waals surface area contributed by atoms with E-state index in [-0.39, 0.29) is 11.7 Å². The summed E-state index contributed by atoms with van der Waals surface area (Å²) in [6.45, 7) is 0. The van der Waals surface area contributed by atoms with Crippen LogP contribution in [0.2, 0.25) is 0 Å². The predicted octanol–water partition coefficient (Wildman–Crippen LogP) is 5.44. The number of phenolic OH excluding ortho intramolecular Hbond substituents is 1. The lowest BCUT2D eigenvalue weighted by molar-refractivity contribution is -0.111. The van der Waals surface area contributed by atoms with Crippen molar-refractivity contribution in [2.75, 3.05) is 5.32 Å². The molecule has 154 valence electrons. The molecule has 0 fully saturated rings. The summed E-state index contributed by atoms with van der Waals surface area (Å²) in [7, 11) is 0. The third-order valence-electron chi connectivity index (χ3n) is 4.53. The summed E-state index contributed by atoms with van der Waals surface area (Å²) in [5.74, 6) is 0.301. The number of nitrogens with one attached hydrogen (secondary N) is 1. The van der Waals surface area contributed by atoms with Crippen LogP contribution in [0.5, 0.6) is 5.75 Å². The highest BCUT2D eigenvalue weighted by Crippen LogP contribution is 2.25. The molecule has 3 aromatic carbocycles. The Balaban J connectivity index is 1.36. The predicted molar refractivity (Wildman–Crippen MR) is 124 cm³/mol. The van der Waals surface area contributed by atoms with E-state index in [1.165, 1.54) is 23.9 Å². The number of amides is 1. The van der Waals surface area contributed by atoms with Gasteiger partial charge in [0.05, 0.1) is 0 Å². The van der Waals surface area contributed by atoms with E-state index in [0.717, 1.165) is 15.8 Å². The second-order valence-electron chi connectivity index (χ2n) is 6.83. The van der Waals surface area contributed by atoms with Crippen LogP contribution in [0.3, 0.4) is 0 Å². The van der Waals surface area contributed by atoms with Crippen LogP contribution in [0.1, 0.15) is 11.1 Å². The molecule has 0 aliphatic heterocycles. The number of anilines is 1. The van der Waals surface area contributed by atoms with Crippen LogP contribution in [0, 0.1) is 0 Å². The summed E-state index contributed by atoms with van der Waals surface area (Å²) in [6, 6.07) is 23.5. The second kappa shape index (κ2) is 9.36. The van der Waals surface area contributed by atoms with E-state index in [9.17, 15) is 14.7 Å². The molecular formula is C25H19NO4S. The number of hydrogen-bond acceptors (Lipinski definition) is 5. The fourth-order valence-electron chi connectivity index (χ4n) is 2.96. The largest absolute Gasteiger partial charge is 0.508 e. The molecule has 5 nitrogen and oxygen atoms in total. The number of fused-ring (bicyclic) bond motifs is 1. The van der Waals surface area contributed by atoms with E-state index in [2.05, 4.69) is 5.32 Å². The summed E-state index contributed by atoms with van der Waals surface area (Å²) in [5.41, 5.74) is 2.14. The molecule has 2 N–H and O–H groups in total. The van der Waals surface area contributed by atoms with E-state index in [0.29, 0.717) is 22.6 Å². The van der Waals surface area contributed by atoms with Crippen molar-refractivity contribution in [2.45, 2.75) is 10.6 Å². The summed E-state index contributed by atoms with van der Waals surface area (Å²) >= 11 is 1.50. The Kier molecular flexibility index (Phi) is 6.19. The first-order valence-electron chi connectivity index (χ1n) is 9.59. The molecule has 1 heterocycles. The number of carbonyl (C=O) groups excluding carboxylic acids is 1. The highest BCUT2D eigenvalue weighted by atomic mass is 32.2. The van der Waals surface area contributed by atoms with Crippen molar-refractivity contribution < 1.29 is 14.3 Å². The summed E-state index contributed by atoms with van der Waals surface area (Å²) in [4.78, 5) is 25.2. The van der Waals surface area contributed by atoms with Gasteiger partial charge in [0.1, 0.15) is 11.3 Å². The van der Waals surface area contributed by atoms with E-state index in [1.54, 1.807) is 24.3 Å². The maximum Gasteiger partial charge on any atom is 0.340 e. The molecule has 0 bridgehead atoms. The minimum atomic E-state index is -0.417. The van der Waals surface area contributed by atoms with Crippen LogP contribution in [-0.2, 0) is 10.5 Å². The van der Waals surface area contributed by atoms with Gasteiger partial charge in [-0.1, -0.05) is 30.3 Å². The van der Waals surface area contributed by atoms with Crippen molar-refractivity contribution in [1.29, 1.82) is 0 Å². The summed E-state index contributed by atoms with van der Waals surface area (Å²) < 4.78 is 5.30. The van der Waals surface area contributed by atoms with Crippen molar-refractivity contribution >= 4 is 40.4 Å². The molecule has 0 aliphatic rings. The molecule has 1 amide bonds. The fraction of sp³-hybridized carbons (Fsp3) is 0.0400. The van der Waals surface area contributed by atoms with Gasteiger partial charge in [0.2, 0.25) is 5.91 Å². The molecule has 4 rings (SSSR count). The molecule has 0 saturated carbocycles. The van der Waals surface area contributed by atoms with Gasteiger partial charge in [-0.2, -0.15) is 0 Å². The Morgan fingerprint density at radius 1 is 1.00 bits per heavy atom. The van der Waals surface area contributed by atoms with E-state index >= 15 is 0 Å². The van der Waals surface area contributed by atoms with E-state index < -0.39 is 5.63 Å². The van der Waals surface area contributed by atoms with Crippen molar-refractivity contribution in [2.24, 2.45) is 0 Å². The minimum Gasteiger partial charge on any atom is -0.508 e. The summed E-state index contributed by atoms with van der Waals surface area (Å²) in [5, 5.41) is 13.1. The monoisotopic (exact) mass is 429 g/mol. The van der Waals surface area contributed by atoms with Gasteiger partial charge in [-0.3, -0.25) is 4.79 Å². The zero-order chi connectivity index (χ0) is 21.6. The highest BCUT2D eigenvalue weighted by Gasteiger charge is 2.07. The molecule has 6 heteroatoms. The standard InChI is InChI=1S/C25H19NO4S/c27-21-10-7-18-14-19(25(29)30-23(18)15-21)16-31-22-11-8-20(9-12-22)26-24(28)13-6-17-4-2-1-3-5-17/h1-15,27H,16H2,(H,26,28)/b13-6+. The molecule has 0 aliphatic carbocycles. The van der Waals surface area contributed by atoms with Gasteiger partial charge in [-0.05, 0) is 54.1 Å². The maximum absolute atomic E-state index is 12.2. The molecule has 1 aromatic heterocycles. The van der Waals surface area contributed by atoms with Crippen LogP contribution in [0.4, 0.5) is 5.69 Å². The number of thioether (sulfide) groups is 1. The number of aromatic hydroxyl groups is 1. The molecule has 0 radical (unpaired) electrons. The Hall–Kier alpha value is -3.77. The second-order valence-corrected chi connectivity index (χ2v) is 7.88. The number of phenols is 1.